The number of pyridine rings is 2. The summed E-state index contributed by atoms with van der Waals surface area (Å²) in [5, 5.41) is 23.1. The number of hydrogen-bond donors (Lipinski definition) is 4. The molecule has 2 aliphatic carbocycles. The van der Waals surface area contributed by atoms with Gasteiger partial charge in [-0.2, -0.15) is 13.5 Å². The van der Waals surface area contributed by atoms with Gasteiger partial charge in [0.15, 0.2) is 10.8 Å². The average molecular weight is 838 g/mol. The van der Waals surface area contributed by atoms with Crippen LogP contribution in [-0.4, -0.2) is 86.2 Å². The van der Waals surface area contributed by atoms with Crippen molar-refractivity contribution in [3.8, 4) is 22.4 Å². The molecule has 14 nitrogen and oxygen atoms in total. The summed E-state index contributed by atoms with van der Waals surface area (Å²) in [5.74, 6) is -1.33. The fraction of sp³-hybridized carbons (Fsp3) is 0.395. The first-order valence-corrected chi connectivity index (χ1v) is 22.2. The smallest absolute Gasteiger partial charge is 0.355 e. The molecule has 4 atom stereocenters. The van der Waals surface area contributed by atoms with Crippen molar-refractivity contribution in [3.63, 3.8) is 0 Å². The maximum Gasteiger partial charge on any atom is 0.355 e. The van der Waals surface area contributed by atoms with Crippen LogP contribution in [0.15, 0.2) is 73.2 Å². The third-order valence-electron chi connectivity index (χ3n) is 11.8. The number of fused-ring (bicyclic) bond motifs is 4. The highest BCUT2D eigenvalue weighted by Crippen LogP contribution is 2.58. The molecule has 2 bridgehead atoms. The van der Waals surface area contributed by atoms with Gasteiger partial charge in [0.25, 0.3) is 16.0 Å². The quantitative estimate of drug-likeness (QED) is 0.0624. The molecule has 2 saturated carbocycles. The van der Waals surface area contributed by atoms with Crippen molar-refractivity contribution in [3.05, 3.63) is 90.1 Å². The molecule has 2 aromatic carbocycles. The van der Waals surface area contributed by atoms with Crippen LogP contribution in [0.4, 0.5) is 5.13 Å². The Balaban J connectivity index is 1.02. The van der Waals surface area contributed by atoms with E-state index in [0.29, 0.717) is 64.1 Å². The zero-order valence-electron chi connectivity index (χ0n) is 33.1. The number of carbonyl (C=O) groups excluding carboxylic acids is 1. The number of hydrogen-bond acceptors (Lipinski definition) is 11. The number of para-hydroxylation sites is 1. The van der Waals surface area contributed by atoms with Crippen molar-refractivity contribution in [1.82, 2.24) is 30.0 Å². The van der Waals surface area contributed by atoms with Gasteiger partial charge >= 0.3 is 5.97 Å². The Morgan fingerprint density at radius 2 is 1.83 bits per heavy atom. The van der Waals surface area contributed by atoms with Crippen molar-refractivity contribution in [2.75, 3.05) is 30.8 Å². The van der Waals surface area contributed by atoms with Crippen LogP contribution in [0.3, 0.4) is 0 Å². The summed E-state index contributed by atoms with van der Waals surface area (Å²) in [4.78, 5) is 39.9. The van der Waals surface area contributed by atoms with E-state index in [9.17, 15) is 23.1 Å². The molecule has 308 valence electrons. The van der Waals surface area contributed by atoms with E-state index in [0.717, 1.165) is 53.4 Å². The van der Waals surface area contributed by atoms with E-state index in [1.807, 2.05) is 54.1 Å². The van der Waals surface area contributed by atoms with E-state index in [1.54, 1.807) is 24.5 Å². The van der Waals surface area contributed by atoms with E-state index < -0.39 is 16.1 Å². The summed E-state index contributed by atoms with van der Waals surface area (Å²) in [5.41, 5.74) is 4.20. The number of carboxylic acid groups (broad SMARTS) is 1. The van der Waals surface area contributed by atoms with E-state index in [2.05, 4.69) is 39.4 Å². The monoisotopic (exact) mass is 837 g/mol. The van der Waals surface area contributed by atoms with Gasteiger partial charge in [0.2, 0.25) is 0 Å². The van der Waals surface area contributed by atoms with Crippen molar-refractivity contribution in [2.45, 2.75) is 65.5 Å². The summed E-state index contributed by atoms with van der Waals surface area (Å²) < 4.78 is 40.4. The SMILES string of the molecule is Cc1c(-c2ccc(-c3ccc4cncc(C(=O)Nc5nc6ccccc6s5)c4c3)nc2C(=O)O)cnn1CC12CC(C)CC(C)(CC(OCCNCCS(=O)(=O)O)C1)C2. The van der Waals surface area contributed by atoms with Crippen molar-refractivity contribution < 1.29 is 32.4 Å². The average Bonchev–Trinajstić information content (AvgIpc) is 3.75. The molecule has 8 rings (SSSR count). The molecule has 0 saturated heterocycles. The number of carbonyl (C=O) groups is 2. The van der Waals surface area contributed by atoms with Gasteiger partial charge in [-0.25, -0.2) is 14.8 Å². The standard InChI is InChI=1S/C43H47N7O7S2/c1-26-17-42(3)19-30(57-14-12-44-13-15-59(54,55)56)20-43(18-26,24-42)25-50-27(2)33(23-46-50)31-10-11-35(47-38(31)40(52)53)28-8-9-29-21-45-22-34(32(29)16-28)39(51)49-41-48-36-6-4-5-7-37(36)58-41/h4-11,16,21-23,26,30,44H,12-15,17-20,24-25H2,1-3H3,(H,52,53)(H,48,49,51)(H,54,55,56). The second-order valence-electron chi connectivity index (χ2n) is 16.7. The summed E-state index contributed by atoms with van der Waals surface area (Å²) in [6.07, 6.45) is 9.93. The fourth-order valence-electron chi connectivity index (χ4n) is 9.83. The first-order valence-electron chi connectivity index (χ1n) is 19.8. The highest BCUT2D eigenvalue weighted by Gasteiger charge is 2.51. The lowest BCUT2D eigenvalue weighted by molar-refractivity contribution is -0.109. The molecule has 59 heavy (non-hydrogen) atoms. The predicted molar refractivity (Wildman–Crippen MR) is 227 cm³/mol. The minimum absolute atomic E-state index is 0.0331. The van der Waals surface area contributed by atoms with Gasteiger partial charge in [-0.15, -0.1) is 0 Å². The van der Waals surface area contributed by atoms with Crippen molar-refractivity contribution in [2.24, 2.45) is 16.7 Å². The Morgan fingerprint density at radius 1 is 1.00 bits per heavy atom. The Morgan fingerprint density at radius 3 is 2.63 bits per heavy atom. The second-order valence-corrected chi connectivity index (χ2v) is 19.3. The van der Waals surface area contributed by atoms with Gasteiger partial charge in [-0.1, -0.05) is 49.4 Å². The van der Waals surface area contributed by atoms with Crippen LogP contribution < -0.4 is 10.6 Å². The van der Waals surface area contributed by atoms with Crippen LogP contribution in [0, 0.1) is 23.7 Å². The zero-order valence-corrected chi connectivity index (χ0v) is 34.8. The Bertz CT molecular complexity index is 2650. The van der Waals surface area contributed by atoms with Gasteiger partial charge in [-0.3, -0.25) is 24.3 Å². The molecule has 2 fully saturated rings. The number of amides is 1. The summed E-state index contributed by atoms with van der Waals surface area (Å²) in [6.45, 7) is 8.36. The number of anilines is 1. The van der Waals surface area contributed by atoms with Gasteiger partial charge in [-0.05, 0) is 91.5 Å². The second kappa shape index (κ2) is 16.1. The molecule has 1 amide bonds. The molecule has 6 aromatic rings. The fourth-order valence-corrected chi connectivity index (χ4v) is 11.1. The summed E-state index contributed by atoms with van der Waals surface area (Å²) in [6, 6.07) is 16.8. The van der Waals surface area contributed by atoms with E-state index in [1.165, 1.54) is 17.5 Å². The van der Waals surface area contributed by atoms with E-state index >= 15 is 0 Å². The maximum absolute atomic E-state index is 13.5. The number of nitrogens with one attached hydrogen (secondary N) is 2. The molecule has 4 aromatic heterocycles. The molecular formula is C43H47N7O7S2. The first-order chi connectivity index (χ1) is 28.2. The number of ether oxygens (including phenoxy) is 1. The zero-order chi connectivity index (χ0) is 41.5. The molecular weight excluding hydrogens is 791 g/mol. The number of aromatic nitrogens is 5. The number of thiazole rings is 1. The number of nitrogens with zero attached hydrogens (tertiary/aromatic N) is 5. The molecule has 0 spiro atoms. The number of benzene rings is 2. The lowest BCUT2D eigenvalue weighted by Crippen LogP contribution is -2.49. The summed E-state index contributed by atoms with van der Waals surface area (Å²) >= 11 is 1.39. The van der Waals surface area contributed by atoms with E-state index in [4.69, 9.17) is 14.4 Å². The Kier molecular flexibility index (Phi) is 11.1. The molecule has 4 unspecified atom stereocenters. The molecule has 16 heteroatoms. The number of rotatable bonds is 14. The van der Waals surface area contributed by atoms with Gasteiger partial charge in [0, 0.05) is 59.8 Å². The summed E-state index contributed by atoms with van der Waals surface area (Å²) in [7, 11) is -4.01. The molecule has 4 N–H and O–H groups in total. The van der Waals surface area contributed by atoms with Crippen LogP contribution >= 0.6 is 11.3 Å². The van der Waals surface area contributed by atoms with Gasteiger partial charge < -0.3 is 15.2 Å². The van der Waals surface area contributed by atoms with Crippen molar-refractivity contribution in [1.29, 1.82) is 0 Å². The lowest BCUT2D eigenvalue weighted by Gasteiger charge is -2.55. The Labute approximate surface area is 346 Å². The topological polar surface area (TPSA) is 199 Å². The van der Waals surface area contributed by atoms with Crippen LogP contribution in [-0.2, 0) is 21.4 Å². The highest BCUT2D eigenvalue weighted by molar-refractivity contribution is 7.85. The maximum atomic E-state index is 13.5. The van der Waals surface area contributed by atoms with E-state index in [-0.39, 0.29) is 40.8 Å². The third-order valence-corrected chi connectivity index (χ3v) is 13.4. The molecule has 4 heterocycles. The normalized spacial score (nSPS) is 21.8. The third kappa shape index (κ3) is 8.92. The van der Waals surface area contributed by atoms with Crippen LogP contribution in [0.25, 0.3) is 43.4 Å². The lowest BCUT2D eigenvalue weighted by atomic mass is 9.52. The highest BCUT2D eigenvalue weighted by atomic mass is 32.2. The molecule has 2 aliphatic rings. The minimum atomic E-state index is -4.01. The number of aromatic carboxylic acids is 1. The minimum Gasteiger partial charge on any atom is -0.476 e. The predicted octanol–water partition coefficient (Wildman–Crippen LogP) is 7.50. The van der Waals surface area contributed by atoms with Gasteiger partial charge in [0.1, 0.15) is 0 Å². The molecule has 0 aliphatic heterocycles. The van der Waals surface area contributed by atoms with Crippen molar-refractivity contribution >= 4 is 59.5 Å². The number of carboxylic acids is 1. The van der Waals surface area contributed by atoms with Gasteiger partial charge in [0.05, 0.1) is 46.1 Å². The van der Waals surface area contributed by atoms with Crippen LogP contribution in [0.1, 0.15) is 72.5 Å². The van der Waals surface area contributed by atoms with Crippen LogP contribution in [0.5, 0.6) is 0 Å². The molecule has 0 radical (unpaired) electrons. The Hall–Kier alpha value is -5.13. The largest absolute Gasteiger partial charge is 0.476 e. The van der Waals surface area contributed by atoms with Crippen LogP contribution in [0.2, 0.25) is 0 Å². The first kappa shape index (κ1) is 40.6.